The summed E-state index contributed by atoms with van der Waals surface area (Å²) < 4.78 is 5.28. The monoisotopic (exact) mass is 450 g/mol. The molecular weight excluding hydrogens is 416 g/mol. The first-order valence-corrected chi connectivity index (χ1v) is 10.5. The van der Waals surface area contributed by atoms with Gasteiger partial charge in [0.05, 0.1) is 0 Å². The Bertz CT molecular complexity index is 779. The third kappa shape index (κ3) is 12.4. The lowest BCUT2D eigenvalue weighted by molar-refractivity contribution is -0.485. The number of guanidine groups is 1. The Morgan fingerprint density at radius 2 is 1.84 bits per heavy atom. The molecule has 2 atom stereocenters. The van der Waals surface area contributed by atoms with Crippen molar-refractivity contribution in [2.75, 3.05) is 6.54 Å². The molecule has 0 fully saturated rings. The lowest BCUT2D eigenvalue weighted by Gasteiger charge is -2.24. The van der Waals surface area contributed by atoms with Gasteiger partial charge in [-0.2, -0.15) is 0 Å². The molecule has 11 nitrogen and oxygen atoms in total. The number of hydrazone groups is 1. The quantitative estimate of drug-likeness (QED) is 0.132. The maximum absolute atomic E-state index is 12.8. The maximum Gasteiger partial charge on any atom is 0.408 e. The van der Waals surface area contributed by atoms with E-state index < -0.39 is 22.8 Å². The van der Waals surface area contributed by atoms with Crippen molar-refractivity contribution in [1.29, 1.82) is 0 Å². The number of nitro groups is 1. The third-order valence-electron chi connectivity index (χ3n) is 4.20. The summed E-state index contributed by atoms with van der Waals surface area (Å²) in [5.74, 6) is -0.590. The predicted octanol–water partition coefficient (Wildman–Crippen LogP) is 1.89. The van der Waals surface area contributed by atoms with Crippen LogP contribution in [-0.4, -0.2) is 47.2 Å². The van der Waals surface area contributed by atoms with Gasteiger partial charge < -0.3 is 26.4 Å². The molecule has 1 aromatic carbocycles. The third-order valence-corrected chi connectivity index (χ3v) is 4.20. The minimum atomic E-state index is -0.885. The molecule has 2 amide bonds. The van der Waals surface area contributed by atoms with Crippen LogP contribution in [0.1, 0.15) is 52.5 Å². The number of hydrogen-bond donors (Lipinski definition) is 4. The summed E-state index contributed by atoms with van der Waals surface area (Å²) in [5.41, 5.74) is 5.77. The van der Waals surface area contributed by atoms with Crippen LogP contribution < -0.4 is 21.7 Å². The zero-order valence-electron chi connectivity index (χ0n) is 19.1. The maximum atomic E-state index is 12.8. The Kier molecular flexibility index (Phi) is 10.9. The zero-order valence-corrected chi connectivity index (χ0v) is 19.1. The van der Waals surface area contributed by atoms with Gasteiger partial charge in [-0.1, -0.05) is 30.3 Å². The van der Waals surface area contributed by atoms with Gasteiger partial charge in [0.25, 0.3) is 5.96 Å². The minimum Gasteiger partial charge on any atom is -0.444 e. The molecular formula is C21H34N6O5. The summed E-state index contributed by atoms with van der Waals surface area (Å²) >= 11 is 0. The van der Waals surface area contributed by atoms with E-state index in [0.717, 1.165) is 5.56 Å². The van der Waals surface area contributed by atoms with Gasteiger partial charge in [-0.05, 0) is 58.9 Å². The van der Waals surface area contributed by atoms with Crippen molar-refractivity contribution < 1.29 is 19.4 Å². The number of hydrogen-bond acceptors (Lipinski definition) is 5. The van der Waals surface area contributed by atoms with E-state index in [1.165, 1.54) is 0 Å². The highest BCUT2D eigenvalue weighted by molar-refractivity contribution is 5.85. The van der Waals surface area contributed by atoms with Gasteiger partial charge in [0.15, 0.2) is 5.03 Å². The van der Waals surface area contributed by atoms with Crippen LogP contribution in [0.2, 0.25) is 0 Å². The van der Waals surface area contributed by atoms with Gasteiger partial charge in [-0.25, -0.2) is 14.9 Å². The van der Waals surface area contributed by atoms with Crippen LogP contribution >= 0.6 is 0 Å². The number of unbranched alkanes of at least 4 members (excludes halogenated alkanes) is 1. The Labute approximate surface area is 188 Å². The first-order chi connectivity index (χ1) is 15.0. The summed E-state index contributed by atoms with van der Waals surface area (Å²) in [5, 5.41) is 20.5. The summed E-state index contributed by atoms with van der Waals surface area (Å²) in [4.78, 5) is 35.3. The zero-order chi connectivity index (χ0) is 24.1. The van der Waals surface area contributed by atoms with E-state index in [2.05, 4.69) is 21.1 Å². The summed E-state index contributed by atoms with van der Waals surface area (Å²) in [6.07, 6.45) is 1.46. The molecule has 1 rings (SSSR count). The molecule has 0 saturated heterocycles. The van der Waals surface area contributed by atoms with Gasteiger partial charge >= 0.3 is 6.09 Å². The van der Waals surface area contributed by atoms with Crippen molar-refractivity contribution in [3.8, 4) is 0 Å². The normalized spacial score (nSPS) is 13.6. The molecule has 0 aliphatic rings. The van der Waals surface area contributed by atoms with E-state index in [9.17, 15) is 19.7 Å². The number of nitrogens with zero attached hydrogens (tertiary/aromatic N) is 2. The number of benzene rings is 1. The van der Waals surface area contributed by atoms with E-state index in [4.69, 9.17) is 10.5 Å². The topological polar surface area (TPSA) is 161 Å². The van der Waals surface area contributed by atoms with E-state index >= 15 is 0 Å². The number of amides is 2. The number of carbonyl (C=O) groups is 2. The summed E-state index contributed by atoms with van der Waals surface area (Å²) in [6, 6.07) is 8.86. The number of carbonyl (C=O) groups excluding carboxylic acids is 2. The van der Waals surface area contributed by atoms with Crippen LogP contribution in [0.25, 0.3) is 0 Å². The van der Waals surface area contributed by atoms with Crippen molar-refractivity contribution in [2.24, 2.45) is 10.8 Å². The Hall–Kier alpha value is -3.37. The molecule has 0 spiro atoms. The van der Waals surface area contributed by atoms with E-state index in [0.29, 0.717) is 32.2 Å². The summed E-state index contributed by atoms with van der Waals surface area (Å²) in [7, 11) is 0. The summed E-state index contributed by atoms with van der Waals surface area (Å²) in [6.45, 7) is 7.47. The Morgan fingerprint density at radius 3 is 2.44 bits per heavy atom. The van der Waals surface area contributed by atoms with Crippen LogP contribution in [0, 0.1) is 10.1 Å². The van der Waals surface area contributed by atoms with E-state index in [1.807, 2.05) is 37.3 Å². The fourth-order valence-electron chi connectivity index (χ4n) is 2.89. The highest BCUT2D eigenvalue weighted by Gasteiger charge is 2.25. The first-order valence-electron chi connectivity index (χ1n) is 10.5. The molecule has 0 aliphatic carbocycles. The molecule has 0 unspecified atom stereocenters. The lowest BCUT2D eigenvalue weighted by Crippen LogP contribution is -2.50. The Balaban J connectivity index is 2.63. The highest BCUT2D eigenvalue weighted by atomic mass is 16.7. The second-order valence-electron chi connectivity index (χ2n) is 8.44. The van der Waals surface area contributed by atoms with Crippen LogP contribution in [0.15, 0.2) is 35.4 Å². The number of nitrogens with one attached hydrogen (secondary N) is 3. The number of rotatable bonds is 11. The highest BCUT2D eigenvalue weighted by Crippen LogP contribution is 2.09. The molecule has 32 heavy (non-hydrogen) atoms. The predicted molar refractivity (Wildman–Crippen MR) is 121 cm³/mol. The van der Waals surface area contributed by atoms with E-state index in [1.54, 1.807) is 20.8 Å². The SMILES string of the molecule is C[C@@H](Cc1ccccc1)NC(=O)[C@H](CCCCN/C(N)=N/[N+](=O)[O-])NC(=O)OC(C)(C)C. The molecule has 0 saturated carbocycles. The van der Waals surface area contributed by atoms with Gasteiger partial charge in [0.1, 0.15) is 16.7 Å². The molecule has 1 aromatic rings. The first kappa shape index (κ1) is 26.7. The number of ether oxygens (including phenoxy) is 1. The molecule has 0 bridgehead atoms. The van der Waals surface area contributed by atoms with Gasteiger partial charge in [0.2, 0.25) is 5.91 Å². The van der Waals surface area contributed by atoms with Crippen LogP contribution in [0.4, 0.5) is 4.79 Å². The molecule has 0 aliphatic heterocycles. The van der Waals surface area contributed by atoms with E-state index in [-0.39, 0.29) is 17.9 Å². The molecule has 178 valence electrons. The Morgan fingerprint density at radius 1 is 1.19 bits per heavy atom. The van der Waals surface area contributed by atoms with Gasteiger partial charge in [-0.3, -0.25) is 4.79 Å². The van der Waals surface area contributed by atoms with Crippen molar-refractivity contribution in [1.82, 2.24) is 16.0 Å². The average molecular weight is 451 g/mol. The molecule has 11 heteroatoms. The number of nitrogens with two attached hydrogens (primary N) is 1. The van der Waals surface area contributed by atoms with Crippen molar-refractivity contribution in [3.63, 3.8) is 0 Å². The standard InChI is InChI=1S/C21H34N6O5/c1-15(14-16-10-6-5-7-11-16)24-18(28)17(25-20(29)32-21(2,3)4)12-8-9-13-23-19(22)26-27(30)31/h5-7,10-11,15,17H,8-9,12-14H2,1-4H3,(H,24,28)(H,25,29)(H3,22,23,26)/t15-,17-/m0/s1. The average Bonchev–Trinajstić information content (AvgIpc) is 2.65. The van der Waals surface area contributed by atoms with Crippen LogP contribution in [-0.2, 0) is 16.0 Å². The van der Waals surface area contributed by atoms with Crippen molar-refractivity contribution >= 4 is 18.0 Å². The van der Waals surface area contributed by atoms with Gasteiger partial charge in [-0.15, -0.1) is 0 Å². The smallest absolute Gasteiger partial charge is 0.408 e. The van der Waals surface area contributed by atoms with Crippen LogP contribution in [0.5, 0.6) is 0 Å². The van der Waals surface area contributed by atoms with Crippen LogP contribution in [0.3, 0.4) is 0 Å². The fourth-order valence-corrected chi connectivity index (χ4v) is 2.89. The second-order valence-corrected chi connectivity index (χ2v) is 8.44. The van der Waals surface area contributed by atoms with Crippen molar-refractivity contribution in [3.05, 3.63) is 46.0 Å². The molecule has 0 radical (unpaired) electrons. The minimum absolute atomic E-state index is 0.132. The van der Waals surface area contributed by atoms with Crippen molar-refractivity contribution in [2.45, 2.75) is 71.1 Å². The second kappa shape index (κ2) is 13.1. The fraction of sp³-hybridized carbons (Fsp3) is 0.571. The van der Waals surface area contributed by atoms with Gasteiger partial charge in [0, 0.05) is 12.6 Å². The lowest BCUT2D eigenvalue weighted by atomic mass is 10.1. The molecule has 0 aromatic heterocycles. The number of alkyl carbamates (subject to hydrolysis) is 1. The molecule has 5 N–H and O–H groups in total. The molecule has 0 heterocycles. The largest absolute Gasteiger partial charge is 0.444 e.